The van der Waals surface area contributed by atoms with E-state index in [1.54, 1.807) is 18.7 Å². The zero-order chi connectivity index (χ0) is 19.6. The van der Waals surface area contributed by atoms with Gasteiger partial charge in [0.15, 0.2) is 0 Å². The number of H-pyrrole nitrogens is 1. The second kappa shape index (κ2) is 8.12. The fourth-order valence-corrected chi connectivity index (χ4v) is 3.94. The normalized spacial score (nSPS) is 20.5. The maximum Gasteiger partial charge on any atom is 0.339 e. The highest BCUT2D eigenvalue weighted by molar-refractivity contribution is 6.00. The number of piperidine rings is 1. The lowest BCUT2D eigenvalue weighted by molar-refractivity contribution is -0.141. The van der Waals surface area contributed by atoms with Crippen LogP contribution in [0.3, 0.4) is 0 Å². The summed E-state index contributed by atoms with van der Waals surface area (Å²) in [5.74, 6) is -0.716. The number of methoxy groups -OCH3 is 1. The molecule has 0 aromatic carbocycles. The summed E-state index contributed by atoms with van der Waals surface area (Å²) in [6.07, 6.45) is 1.57. The summed E-state index contributed by atoms with van der Waals surface area (Å²) in [5.41, 5.74) is 2.00. The van der Waals surface area contributed by atoms with Gasteiger partial charge < -0.3 is 24.3 Å². The summed E-state index contributed by atoms with van der Waals surface area (Å²) in [5, 5.41) is 0. The first kappa shape index (κ1) is 19.4. The predicted molar refractivity (Wildman–Crippen MR) is 97.6 cm³/mol. The van der Waals surface area contributed by atoms with Gasteiger partial charge in [0.1, 0.15) is 5.69 Å². The largest absolute Gasteiger partial charge is 0.465 e. The number of nitrogens with zero attached hydrogens (tertiary/aromatic N) is 2. The Morgan fingerprint density at radius 2 is 1.81 bits per heavy atom. The standard InChI is InChI=1S/C19H27N3O5/c1-12-15(19(25)26-3)13(2)20-16(12)18(24)22-6-4-5-14(11-22)17(23)21-7-9-27-10-8-21/h14,20H,4-11H2,1-3H3. The minimum Gasteiger partial charge on any atom is -0.465 e. The number of aromatic amines is 1. The van der Waals surface area contributed by atoms with Gasteiger partial charge in [0, 0.05) is 31.9 Å². The van der Waals surface area contributed by atoms with Crippen LogP contribution >= 0.6 is 0 Å². The van der Waals surface area contributed by atoms with Gasteiger partial charge >= 0.3 is 5.97 Å². The van der Waals surface area contributed by atoms with Crippen LogP contribution in [0.5, 0.6) is 0 Å². The van der Waals surface area contributed by atoms with Gasteiger partial charge in [-0.25, -0.2) is 4.79 Å². The summed E-state index contributed by atoms with van der Waals surface area (Å²) < 4.78 is 10.1. The summed E-state index contributed by atoms with van der Waals surface area (Å²) in [7, 11) is 1.32. The topological polar surface area (TPSA) is 91.9 Å². The number of rotatable bonds is 3. The molecular weight excluding hydrogens is 350 g/mol. The molecule has 1 unspecified atom stereocenters. The number of ether oxygens (including phenoxy) is 2. The smallest absolute Gasteiger partial charge is 0.339 e. The maximum atomic E-state index is 13.0. The van der Waals surface area contributed by atoms with Gasteiger partial charge in [0.05, 0.1) is 31.8 Å². The molecule has 2 fully saturated rings. The average Bonchev–Trinajstić information content (AvgIpc) is 3.01. The number of amides is 2. The van der Waals surface area contributed by atoms with Crippen LogP contribution in [0.15, 0.2) is 0 Å². The molecule has 148 valence electrons. The maximum absolute atomic E-state index is 13.0. The van der Waals surface area contributed by atoms with E-state index in [9.17, 15) is 14.4 Å². The Hall–Kier alpha value is -2.35. The van der Waals surface area contributed by atoms with Gasteiger partial charge in [0.2, 0.25) is 5.91 Å². The Kier molecular flexibility index (Phi) is 5.84. The Labute approximate surface area is 158 Å². The van der Waals surface area contributed by atoms with Crippen molar-refractivity contribution in [3.63, 3.8) is 0 Å². The molecule has 2 aliphatic heterocycles. The van der Waals surface area contributed by atoms with E-state index < -0.39 is 5.97 Å². The molecule has 1 aromatic heterocycles. The van der Waals surface area contributed by atoms with Crippen LogP contribution < -0.4 is 0 Å². The van der Waals surface area contributed by atoms with Gasteiger partial charge in [-0.15, -0.1) is 0 Å². The zero-order valence-electron chi connectivity index (χ0n) is 16.2. The summed E-state index contributed by atoms with van der Waals surface area (Å²) in [6.45, 7) is 6.86. The highest BCUT2D eigenvalue weighted by atomic mass is 16.5. The molecule has 0 spiro atoms. The molecular formula is C19H27N3O5. The SMILES string of the molecule is COC(=O)c1c(C)[nH]c(C(=O)N2CCCC(C(=O)N3CCOCC3)C2)c1C. The van der Waals surface area contributed by atoms with E-state index in [0.29, 0.717) is 61.9 Å². The second-order valence-electron chi connectivity index (χ2n) is 7.14. The lowest BCUT2D eigenvalue weighted by Crippen LogP contribution is -2.49. The third-order valence-electron chi connectivity index (χ3n) is 5.42. The number of aryl methyl sites for hydroxylation is 1. The predicted octanol–water partition coefficient (Wildman–Crippen LogP) is 1.13. The van der Waals surface area contributed by atoms with Crippen LogP contribution in [-0.4, -0.2) is 79.1 Å². The van der Waals surface area contributed by atoms with Crippen molar-refractivity contribution in [1.82, 2.24) is 14.8 Å². The van der Waals surface area contributed by atoms with Crippen LogP contribution in [-0.2, 0) is 14.3 Å². The number of morpholine rings is 1. The van der Waals surface area contributed by atoms with E-state index in [2.05, 4.69) is 4.98 Å². The van der Waals surface area contributed by atoms with Crippen molar-refractivity contribution in [3.05, 3.63) is 22.5 Å². The first-order valence-electron chi connectivity index (χ1n) is 9.37. The number of hydrogen-bond acceptors (Lipinski definition) is 5. The van der Waals surface area contributed by atoms with Gasteiger partial charge in [-0.05, 0) is 32.3 Å². The van der Waals surface area contributed by atoms with E-state index in [1.807, 2.05) is 4.90 Å². The van der Waals surface area contributed by atoms with Gasteiger partial charge in [-0.2, -0.15) is 0 Å². The van der Waals surface area contributed by atoms with Crippen LogP contribution in [0.4, 0.5) is 0 Å². The lowest BCUT2D eigenvalue weighted by atomic mass is 9.95. The molecule has 3 heterocycles. The zero-order valence-corrected chi connectivity index (χ0v) is 16.2. The number of carbonyl (C=O) groups is 3. The molecule has 27 heavy (non-hydrogen) atoms. The fourth-order valence-electron chi connectivity index (χ4n) is 3.94. The molecule has 1 aromatic rings. The Morgan fingerprint density at radius 1 is 1.11 bits per heavy atom. The van der Waals surface area contributed by atoms with Gasteiger partial charge in [-0.3, -0.25) is 9.59 Å². The van der Waals surface area contributed by atoms with Crippen LogP contribution in [0, 0.1) is 19.8 Å². The highest BCUT2D eigenvalue weighted by Crippen LogP contribution is 2.24. The van der Waals surface area contributed by atoms with Crippen LogP contribution in [0.2, 0.25) is 0 Å². The molecule has 0 bridgehead atoms. The van der Waals surface area contributed by atoms with Gasteiger partial charge in [0.25, 0.3) is 5.91 Å². The molecule has 8 nitrogen and oxygen atoms in total. The first-order valence-corrected chi connectivity index (χ1v) is 9.37. The summed E-state index contributed by atoms with van der Waals surface area (Å²) in [6, 6.07) is 0. The molecule has 1 N–H and O–H groups in total. The lowest BCUT2D eigenvalue weighted by Gasteiger charge is -2.36. The highest BCUT2D eigenvalue weighted by Gasteiger charge is 2.33. The number of nitrogens with one attached hydrogen (secondary N) is 1. The Bertz CT molecular complexity index is 736. The van der Waals surface area contributed by atoms with Crippen LogP contribution in [0.1, 0.15) is 44.9 Å². The van der Waals surface area contributed by atoms with Gasteiger partial charge in [-0.1, -0.05) is 0 Å². The number of aromatic nitrogens is 1. The average molecular weight is 377 g/mol. The first-order chi connectivity index (χ1) is 12.9. The van der Waals surface area contributed by atoms with Crippen molar-refractivity contribution < 1.29 is 23.9 Å². The third-order valence-corrected chi connectivity index (χ3v) is 5.42. The molecule has 8 heteroatoms. The molecule has 0 aliphatic carbocycles. The summed E-state index contributed by atoms with van der Waals surface area (Å²) >= 11 is 0. The number of esters is 1. The minimum atomic E-state index is -0.459. The van der Waals surface area contributed by atoms with E-state index in [4.69, 9.17) is 9.47 Å². The molecule has 2 aliphatic rings. The van der Waals surface area contributed by atoms with Crippen molar-refractivity contribution in [3.8, 4) is 0 Å². The quantitative estimate of drug-likeness (QED) is 0.798. The number of carbonyl (C=O) groups excluding carboxylic acids is 3. The minimum absolute atomic E-state index is 0.102. The number of hydrogen-bond donors (Lipinski definition) is 1. The van der Waals surface area contributed by atoms with E-state index in [1.165, 1.54) is 7.11 Å². The van der Waals surface area contributed by atoms with E-state index in [0.717, 1.165) is 12.8 Å². The van der Waals surface area contributed by atoms with Crippen molar-refractivity contribution in [2.75, 3.05) is 46.5 Å². The Morgan fingerprint density at radius 3 is 2.48 bits per heavy atom. The molecule has 2 saturated heterocycles. The summed E-state index contributed by atoms with van der Waals surface area (Å²) in [4.78, 5) is 44.3. The van der Waals surface area contributed by atoms with Crippen molar-refractivity contribution in [2.45, 2.75) is 26.7 Å². The van der Waals surface area contributed by atoms with Crippen molar-refractivity contribution >= 4 is 17.8 Å². The molecule has 1 atom stereocenters. The van der Waals surface area contributed by atoms with Crippen molar-refractivity contribution in [2.24, 2.45) is 5.92 Å². The van der Waals surface area contributed by atoms with Crippen LogP contribution in [0.25, 0.3) is 0 Å². The number of likely N-dealkylation sites (tertiary alicyclic amines) is 1. The van der Waals surface area contributed by atoms with E-state index in [-0.39, 0.29) is 17.7 Å². The van der Waals surface area contributed by atoms with E-state index >= 15 is 0 Å². The molecule has 0 radical (unpaired) electrons. The fraction of sp³-hybridized carbons (Fsp3) is 0.632. The monoisotopic (exact) mass is 377 g/mol. The van der Waals surface area contributed by atoms with Crippen molar-refractivity contribution in [1.29, 1.82) is 0 Å². The molecule has 3 rings (SSSR count). The third kappa shape index (κ3) is 3.85. The molecule has 0 saturated carbocycles. The second-order valence-corrected chi connectivity index (χ2v) is 7.14. The molecule has 2 amide bonds. The Balaban J connectivity index is 1.73.